The van der Waals surface area contributed by atoms with E-state index in [0.29, 0.717) is 19.0 Å². The van der Waals surface area contributed by atoms with Gasteiger partial charge in [-0.25, -0.2) is 0 Å². The van der Waals surface area contributed by atoms with Gasteiger partial charge in [-0.2, -0.15) is 0 Å². The second kappa shape index (κ2) is 5.68. The third kappa shape index (κ3) is 3.75. The Morgan fingerprint density at radius 2 is 2.18 bits per heavy atom. The molecule has 0 spiro atoms. The van der Waals surface area contributed by atoms with Gasteiger partial charge in [-0.3, -0.25) is 4.79 Å². The fraction of sp³-hybridized carbons (Fsp3) is 0.462. The Morgan fingerprint density at radius 1 is 1.41 bits per heavy atom. The fourth-order valence-corrected chi connectivity index (χ4v) is 2.04. The monoisotopic (exact) mass is 234 g/mol. The molecule has 1 amide bonds. The Morgan fingerprint density at radius 3 is 2.82 bits per heavy atom. The summed E-state index contributed by atoms with van der Waals surface area (Å²) in [4.78, 5) is 11.6. The van der Waals surface area contributed by atoms with E-state index in [1.807, 2.05) is 12.1 Å². The van der Waals surface area contributed by atoms with E-state index in [-0.39, 0.29) is 11.7 Å². The average molecular weight is 234 g/mol. The van der Waals surface area contributed by atoms with Crippen LogP contribution in [0.3, 0.4) is 0 Å². The second-order valence-corrected chi connectivity index (χ2v) is 4.44. The maximum absolute atomic E-state index is 11.6. The van der Waals surface area contributed by atoms with E-state index in [4.69, 9.17) is 5.11 Å². The van der Waals surface area contributed by atoms with E-state index in [1.54, 1.807) is 12.1 Å². The SMILES string of the molecule is O=C(CC1CCCN1)NCc1ccc(O)cc1. The molecule has 3 N–H and O–H groups in total. The summed E-state index contributed by atoms with van der Waals surface area (Å²) in [6.07, 6.45) is 2.81. The van der Waals surface area contributed by atoms with Crippen molar-refractivity contribution in [1.29, 1.82) is 0 Å². The lowest BCUT2D eigenvalue weighted by molar-refractivity contribution is -0.121. The maximum atomic E-state index is 11.6. The van der Waals surface area contributed by atoms with Crippen LogP contribution >= 0.6 is 0 Å². The van der Waals surface area contributed by atoms with Crippen molar-refractivity contribution in [2.75, 3.05) is 6.54 Å². The topological polar surface area (TPSA) is 61.4 Å². The smallest absolute Gasteiger partial charge is 0.221 e. The second-order valence-electron chi connectivity index (χ2n) is 4.44. The van der Waals surface area contributed by atoms with E-state index < -0.39 is 0 Å². The van der Waals surface area contributed by atoms with Crippen molar-refractivity contribution in [1.82, 2.24) is 10.6 Å². The van der Waals surface area contributed by atoms with E-state index in [1.165, 1.54) is 0 Å². The molecule has 4 nitrogen and oxygen atoms in total. The highest BCUT2D eigenvalue weighted by molar-refractivity contribution is 5.76. The van der Waals surface area contributed by atoms with Crippen LogP contribution in [0.2, 0.25) is 0 Å². The number of rotatable bonds is 4. The van der Waals surface area contributed by atoms with Gasteiger partial charge in [-0.05, 0) is 37.1 Å². The molecule has 0 bridgehead atoms. The predicted molar refractivity (Wildman–Crippen MR) is 65.6 cm³/mol. The molecule has 1 heterocycles. The molecule has 1 aliphatic heterocycles. The van der Waals surface area contributed by atoms with Crippen molar-refractivity contribution in [2.24, 2.45) is 0 Å². The van der Waals surface area contributed by atoms with E-state index in [2.05, 4.69) is 10.6 Å². The largest absolute Gasteiger partial charge is 0.508 e. The van der Waals surface area contributed by atoms with Crippen molar-refractivity contribution < 1.29 is 9.90 Å². The summed E-state index contributed by atoms with van der Waals surface area (Å²) in [5, 5.41) is 15.3. The first-order valence-electron chi connectivity index (χ1n) is 6.02. The van der Waals surface area contributed by atoms with Crippen LogP contribution in [0.1, 0.15) is 24.8 Å². The van der Waals surface area contributed by atoms with Crippen molar-refractivity contribution in [3.8, 4) is 5.75 Å². The molecule has 0 saturated carbocycles. The van der Waals surface area contributed by atoms with Gasteiger partial charge in [-0.15, -0.1) is 0 Å². The lowest BCUT2D eigenvalue weighted by Crippen LogP contribution is -2.31. The Bertz CT molecular complexity index is 370. The molecule has 1 aromatic carbocycles. The molecule has 1 unspecified atom stereocenters. The summed E-state index contributed by atoms with van der Waals surface area (Å²) >= 11 is 0. The summed E-state index contributed by atoms with van der Waals surface area (Å²) in [6, 6.07) is 7.21. The lowest BCUT2D eigenvalue weighted by Gasteiger charge is -2.10. The molecule has 1 aliphatic rings. The number of hydrogen-bond acceptors (Lipinski definition) is 3. The Hall–Kier alpha value is -1.55. The zero-order valence-electron chi connectivity index (χ0n) is 9.78. The molecule has 0 radical (unpaired) electrons. The fourth-order valence-electron chi connectivity index (χ4n) is 2.04. The van der Waals surface area contributed by atoms with Crippen LogP contribution in [0.5, 0.6) is 5.75 Å². The number of phenols is 1. The zero-order chi connectivity index (χ0) is 12.1. The first-order chi connectivity index (χ1) is 8.24. The highest BCUT2D eigenvalue weighted by atomic mass is 16.3. The molecule has 1 atom stereocenters. The normalized spacial score (nSPS) is 19.2. The van der Waals surface area contributed by atoms with Gasteiger partial charge in [0.05, 0.1) is 0 Å². The molecule has 17 heavy (non-hydrogen) atoms. The molecule has 1 fully saturated rings. The van der Waals surface area contributed by atoms with Crippen molar-refractivity contribution in [3.63, 3.8) is 0 Å². The third-order valence-electron chi connectivity index (χ3n) is 3.02. The van der Waals surface area contributed by atoms with Gasteiger partial charge in [0, 0.05) is 19.0 Å². The van der Waals surface area contributed by atoms with Crippen LogP contribution in [0.15, 0.2) is 24.3 Å². The van der Waals surface area contributed by atoms with Crippen LogP contribution in [-0.2, 0) is 11.3 Å². The van der Waals surface area contributed by atoms with Crippen LogP contribution in [0, 0.1) is 0 Å². The Balaban J connectivity index is 1.73. The van der Waals surface area contributed by atoms with E-state index >= 15 is 0 Å². The van der Waals surface area contributed by atoms with Crippen LogP contribution < -0.4 is 10.6 Å². The standard InChI is InChI=1S/C13H18N2O2/c16-12-5-3-10(4-6-12)9-15-13(17)8-11-2-1-7-14-11/h3-6,11,14,16H,1-2,7-9H2,(H,15,17). The average Bonchev–Trinajstić information content (AvgIpc) is 2.81. The first kappa shape index (κ1) is 11.9. The van der Waals surface area contributed by atoms with Crippen molar-refractivity contribution >= 4 is 5.91 Å². The molecular formula is C13H18N2O2. The molecule has 92 valence electrons. The summed E-state index contributed by atoms with van der Waals surface area (Å²) in [5.74, 6) is 0.327. The van der Waals surface area contributed by atoms with E-state index in [9.17, 15) is 4.79 Å². The minimum atomic E-state index is 0.0810. The number of benzene rings is 1. The number of carbonyl (C=O) groups is 1. The number of amides is 1. The number of phenolic OH excluding ortho intramolecular Hbond substituents is 1. The van der Waals surface area contributed by atoms with Crippen LogP contribution in [-0.4, -0.2) is 23.6 Å². The van der Waals surface area contributed by atoms with Gasteiger partial charge in [0.2, 0.25) is 5.91 Å². The van der Waals surface area contributed by atoms with Crippen LogP contribution in [0.4, 0.5) is 0 Å². The van der Waals surface area contributed by atoms with Gasteiger partial charge >= 0.3 is 0 Å². The molecule has 1 saturated heterocycles. The van der Waals surface area contributed by atoms with Crippen LogP contribution in [0.25, 0.3) is 0 Å². The van der Waals surface area contributed by atoms with E-state index in [0.717, 1.165) is 24.9 Å². The highest BCUT2D eigenvalue weighted by Gasteiger charge is 2.17. The Kier molecular flexibility index (Phi) is 3.98. The first-order valence-corrected chi connectivity index (χ1v) is 6.02. The van der Waals surface area contributed by atoms with Crippen molar-refractivity contribution in [2.45, 2.75) is 31.8 Å². The summed E-state index contributed by atoms with van der Waals surface area (Å²) in [5.41, 5.74) is 0.996. The minimum absolute atomic E-state index is 0.0810. The third-order valence-corrected chi connectivity index (χ3v) is 3.02. The van der Waals surface area contributed by atoms with Gasteiger partial charge in [0.25, 0.3) is 0 Å². The number of aromatic hydroxyl groups is 1. The number of hydrogen-bond donors (Lipinski definition) is 3. The molecular weight excluding hydrogens is 216 g/mol. The Labute approximate surface area is 101 Å². The highest BCUT2D eigenvalue weighted by Crippen LogP contribution is 2.10. The quantitative estimate of drug-likeness (QED) is 0.732. The molecule has 2 rings (SSSR count). The minimum Gasteiger partial charge on any atom is -0.508 e. The summed E-state index contributed by atoms with van der Waals surface area (Å²) < 4.78 is 0. The number of carbonyl (C=O) groups excluding carboxylic acids is 1. The lowest BCUT2D eigenvalue weighted by atomic mass is 10.1. The summed E-state index contributed by atoms with van der Waals surface area (Å²) in [6.45, 7) is 1.54. The van der Waals surface area contributed by atoms with Gasteiger partial charge in [0.15, 0.2) is 0 Å². The number of nitrogens with one attached hydrogen (secondary N) is 2. The zero-order valence-corrected chi connectivity index (χ0v) is 9.78. The summed E-state index contributed by atoms with van der Waals surface area (Å²) in [7, 11) is 0. The van der Waals surface area contributed by atoms with Gasteiger partial charge in [-0.1, -0.05) is 12.1 Å². The van der Waals surface area contributed by atoms with Gasteiger partial charge < -0.3 is 15.7 Å². The van der Waals surface area contributed by atoms with Gasteiger partial charge in [0.1, 0.15) is 5.75 Å². The molecule has 0 aliphatic carbocycles. The maximum Gasteiger partial charge on any atom is 0.221 e. The molecule has 0 aromatic heterocycles. The predicted octanol–water partition coefficient (Wildman–Crippen LogP) is 1.15. The van der Waals surface area contributed by atoms with Crippen molar-refractivity contribution in [3.05, 3.63) is 29.8 Å². The molecule has 4 heteroatoms. The molecule has 1 aromatic rings.